The first-order chi connectivity index (χ1) is 9.27. The van der Waals surface area contributed by atoms with Crippen molar-refractivity contribution < 1.29 is 4.52 Å². The molecule has 2 heterocycles. The van der Waals surface area contributed by atoms with Crippen molar-refractivity contribution >= 4 is 17.5 Å². The molecule has 0 amide bonds. The maximum Gasteiger partial charge on any atom is 0.232 e. The minimum atomic E-state index is 0.230. The summed E-state index contributed by atoms with van der Waals surface area (Å²) in [7, 11) is 0. The Kier molecular flexibility index (Phi) is 2.93. The second kappa shape index (κ2) is 4.74. The van der Waals surface area contributed by atoms with E-state index in [9.17, 15) is 0 Å². The van der Waals surface area contributed by atoms with E-state index in [0.717, 1.165) is 5.56 Å². The summed E-state index contributed by atoms with van der Waals surface area (Å²) in [6, 6.07) is 13.0. The number of hydrogen-bond donors (Lipinski definition) is 1. The molecule has 0 aliphatic rings. The standard InChI is InChI=1S/C14H10ClN3O/c15-10-6-2-1-5-9(10)13-12(14(16)19-18-13)11-7-3-4-8-17-11/h1-8H,16H2. The number of anilines is 1. The Labute approximate surface area is 114 Å². The van der Waals surface area contributed by atoms with Crippen LogP contribution in [0.1, 0.15) is 0 Å². The molecule has 0 unspecified atom stereocenters. The van der Waals surface area contributed by atoms with Gasteiger partial charge in [0.15, 0.2) is 0 Å². The largest absolute Gasteiger partial charge is 0.367 e. The minimum Gasteiger partial charge on any atom is -0.367 e. The Balaban J connectivity index is 2.23. The molecule has 0 bridgehead atoms. The van der Waals surface area contributed by atoms with Gasteiger partial charge in [-0.05, 0) is 18.2 Å². The van der Waals surface area contributed by atoms with Gasteiger partial charge in [-0.15, -0.1) is 0 Å². The molecular formula is C14H10ClN3O. The van der Waals surface area contributed by atoms with Gasteiger partial charge in [0.25, 0.3) is 0 Å². The number of nitrogens with zero attached hydrogens (tertiary/aromatic N) is 2. The molecule has 3 aromatic rings. The van der Waals surface area contributed by atoms with Crippen LogP contribution in [0.15, 0.2) is 53.2 Å². The van der Waals surface area contributed by atoms with E-state index >= 15 is 0 Å². The molecule has 5 heteroatoms. The van der Waals surface area contributed by atoms with E-state index in [-0.39, 0.29) is 5.88 Å². The Bertz CT molecular complexity index is 710. The molecule has 0 atom stereocenters. The maximum atomic E-state index is 6.18. The number of halogens is 1. The Hall–Kier alpha value is -2.33. The summed E-state index contributed by atoms with van der Waals surface area (Å²) in [5, 5.41) is 4.59. The fourth-order valence-electron chi connectivity index (χ4n) is 1.90. The van der Waals surface area contributed by atoms with Crippen molar-refractivity contribution in [2.75, 3.05) is 5.73 Å². The first kappa shape index (κ1) is 11.7. The molecule has 4 nitrogen and oxygen atoms in total. The van der Waals surface area contributed by atoms with E-state index in [1.54, 1.807) is 12.3 Å². The maximum absolute atomic E-state index is 6.18. The van der Waals surface area contributed by atoms with Gasteiger partial charge in [-0.1, -0.05) is 41.0 Å². The first-order valence-corrected chi connectivity index (χ1v) is 6.06. The molecule has 0 aliphatic carbocycles. The normalized spacial score (nSPS) is 10.6. The highest BCUT2D eigenvalue weighted by molar-refractivity contribution is 6.33. The van der Waals surface area contributed by atoms with Crippen LogP contribution in [-0.2, 0) is 0 Å². The molecule has 19 heavy (non-hydrogen) atoms. The molecular weight excluding hydrogens is 262 g/mol. The Morgan fingerprint density at radius 1 is 1.05 bits per heavy atom. The molecule has 0 aliphatic heterocycles. The fourth-order valence-corrected chi connectivity index (χ4v) is 2.12. The SMILES string of the molecule is Nc1onc(-c2ccccc2Cl)c1-c1ccccn1. The summed E-state index contributed by atoms with van der Waals surface area (Å²) in [5.74, 6) is 0.230. The van der Waals surface area contributed by atoms with Gasteiger partial charge in [-0.3, -0.25) is 4.98 Å². The molecule has 2 aromatic heterocycles. The van der Waals surface area contributed by atoms with Crippen molar-refractivity contribution in [2.45, 2.75) is 0 Å². The monoisotopic (exact) mass is 271 g/mol. The minimum absolute atomic E-state index is 0.230. The van der Waals surface area contributed by atoms with Crippen LogP contribution >= 0.6 is 11.6 Å². The molecule has 0 saturated heterocycles. The van der Waals surface area contributed by atoms with E-state index in [1.807, 2.05) is 36.4 Å². The number of aromatic nitrogens is 2. The van der Waals surface area contributed by atoms with Crippen molar-refractivity contribution in [3.63, 3.8) is 0 Å². The van der Waals surface area contributed by atoms with Crippen LogP contribution in [0.3, 0.4) is 0 Å². The van der Waals surface area contributed by atoms with Crippen LogP contribution in [0.4, 0.5) is 5.88 Å². The lowest BCUT2D eigenvalue weighted by Crippen LogP contribution is -1.90. The first-order valence-electron chi connectivity index (χ1n) is 5.69. The number of hydrogen-bond acceptors (Lipinski definition) is 4. The van der Waals surface area contributed by atoms with Gasteiger partial charge >= 0.3 is 0 Å². The smallest absolute Gasteiger partial charge is 0.232 e. The van der Waals surface area contributed by atoms with E-state index in [2.05, 4.69) is 10.1 Å². The quantitative estimate of drug-likeness (QED) is 0.773. The van der Waals surface area contributed by atoms with Crippen molar-refractivity contribution in [1.82, 2.24) is 10.1 Å². The van der Waals surface area contributed by atoms with Gasteiger partial charge in [0.05, 0.1) is 16.3 Å². The third-order valence-corrected chi connectivity index (χ3v) is 3.10. The summed E-state index contributed by atoms with van der Waals surface area (Å²) in [6.45, 7) is 0. The summed E-state index contributed by atoms with van der Waals surface area (Å²) in [4.78, 5) is 4.27. The van der Waals surface area contributed by atoms with Crippen molar-refractivity contribution in [2.24, 2.45) is 0 Å². The lowest BCUT2D eigenvalue weighted by atomic mass is 10.0. The number of benzene rings is 1. The molecule has 3 rings (SSSR count). The Morgan fingerprint density at radius 2 is 1.84 bits per heavy atom. The van der Waals surface area contributed by atoms with Gasteiger partial charge in [0.1, 0.15) is 5.69 Å². The molecule has 0 fully saturated rings. The average molecular weight is 272 g/mol. The number of nitrogens with two attached hydrogens (primary N) is 1. The number of rotatable bonds is 2. The zero-order valence-electron chi connectivity index (χ0n) is 9.88. The van der Waals surface area contributed by atoms with Crippen LogP contribution in [-0.4, -0.2) is 10.1 Å². The van der Waals surface area contributed by atoms with Crippen molar-refractivity contribution in [3.05, 3.63) is 53.7 Å². The second-order valence-corrected chi connectivity index (χ2v) is 4.37. The average Bonchev–Trinajstić information content (AvgIpc) is 2.82. The van der Waals surface area contributed by atoms with Gasteiger partial charge in [-0.2, -0.15) is 0 Å². The van der Waals surface area contributed by atoms with Crippen LogP contribution in [0, 0.1) is 0 Å². The molecule has 0 saturated carbocycles. The predicted octanol–water partition coefficient (Wildman–Crippen LogP) is 3.64. The highest BCUT2D eigenvalue weighted by Crippen LogP contribution is 2.37. The van der Waals surface area contributed by atoms with Gasteiger partial charge in [0.2, 0.25) is 5.88 Å². The van der Waals surface area contributed by atoms with Crippen LogP contribution in [0.5, 0.6) is 0 Å². The summed E-state index contributed by atoms with van der Waals surface area (Å²) < 4.78 is 5.09. The summed E-state index contributed by atoms with van der Waals surface area (Å²) in [5.41, 5.74) is 8.58. The summed E-state index contributed by atoms with van der Waals surface area (Å²) in [6.07, 6.45) is 1.69. The number of nitrogen functional groups attached to an aromatic ring is 1. The van der Waals surface area contributed by atoms with Crippen molar-refractivity contribution in [3.8, 4) is 22.5 Å². The second-order valence-electron chi connectivity index (χ2n) is 3.97. The van der Waals surface area contributed by atoms with Gasteiger partial charge in [0, 0.05) is 11.8 Å². The van der Waals surface area contributed by atoms with Crippen molar-refractivity contribution in [1.29, 1.82) is 0 Å². The third-order valence-electron chi connectivity index (χ3n) is 2.77. The van der Waals surface area contributed by atoms with E-state index in [1.165, 1.54) is 0 Å². The predicted molar refractivity (Wildman–Crippen MR) is 74.6 cm³/mol. The van der Waals surface area contributed by atoms with Crippen LogP contribution < -0.4 is 5.73 Å². The molecule has 2 N–H and O–H groups in total. The zero-order chi connectivity index (χ0) is 13.2. The summed E-state index contributed by atoms with van der Waals surface area (Å²) >= 11 is 6.18. The molecule has 0 radical (unpaired) electrons. The molecule has 1 aromatic carbocycles. The van der Waals surface area contributed by atoms with Gasteiger partial charge < -0.3 is 10.3 Å². The van der Waals surface area contributed by atoms with Crippen LogP contribution in [0.25, 0.3) is 22.5 Å². The van der Waals surface area contributed by atoms with Crippen LogP contribution in [0.2, 0.25) is 5.02 Å². The fraction of sp³-hybridized carbons (Fsp3) is 0. The van der Waals surface area contributed by atoms with E-state index in [0.29, 0.717) is 22.0 Å². The Morgan fingerprint density at radius 3 is 2.58 bits per heavy atom. The van der Waals surface area contributed by atoms with E-state index in [4.69, 9.17) is 21.9 Å². The highest BCUT2D eigenvalue weighted by atomic mass is 35.5. The van der Waals surface area contributed by atoms with Gasteiger partial charge in [-0.25, -0.2) is 0 Å². The molecule has 0 spiro atoms. The topological polar surface area (TPSA) is 64.9 Å². The van der Waals surface area contributed by atoms with E-state index < -0.39 is 0 Å². The number of pyridine rings is 1. The lowest BCUT2D eigenvalue weighted by molar-refractivity contribution is 0.439. The highest BCUT2D eigenvalue weighted by Gasteiger charge is 2.19. The lowest BCUT2D eigenvalue weighted by Gasteiger charge is -2.03. The molecule has 94 valence electrons. The zero-order valence-corrected chi connectivity index (χ0v) is 10.6. The third kappa shape index (κ3) is 2.06.